The number of nitro benzene ring substituents is 1. The van der Waals surface area contributed by atoms with Crippen molar-refractivity contribution < 1.29 is 46.7 Å². The minimum Gasteiger partial charge on any atom is -0.476 e. The second-order valence-electron chi connectivity index (χ2n) is 17.4. The molecule has 0 amide bonds. The number of imidazole rings is 3. The van der Waals surface area contributed by atoms with Crippen LogP contribution in [0.15, 0.2) is 55.6 Å². The third-order valence-corrected chi connectivity index (χ3v) is 20.3. The molecule has 6 aromatic rings. The van der Waals surface area contributed by atoms with Gasteiger partial charge in [0.05, 0.1) is 44.0 Å². The molecular formula is C37H45ClN10O11P2S2Si. The molecule has 64 heavy (non-hydrogen) atoms. The summed E-state index contributed by atoms with van der Waals surface area (Å²) >= 11 is 17.7. The molecule has 2 unspecified atom stereocenters. The molecule has 0 radical (unpaired) electrons. The van der Waals surface area contributed by atoms with Gasteiger partial charge in [-0.1, -0.05) is 44.5 Å². The number of nitrogens with zero attached hydrogens (tertiary/aromatic N) is 10. The van der Waals surface area contributed by atoms with Gasteiger partial charge < -0.3 is 41.8 Å². The summed E-state index contributed by atoms with van der Waals surface area (Å²) in [6.07, 6.45) is 4.71. The molecule has 1 aliphatic carbocycles. The highest BCUT2D eigenvalue weighted by atomic mass is 35.5. The fourth-order valence-electron chi connectivity index (χ4n) is 7.97. The maximum Gasteiger partial charge on any atom is 0.325 e. The van der Waals surface area contributed by atoms with Crippen molar-refractivity contribution in [3.63, 3.8) is 0 Å². The summed E-state index contributed by atoms with van der Waals surface area (Å²) in [6.45, 7) is 2.30. The first-order chi connectivity index (χ1) is 30.3. The lowest BCUT2D eigenvalue weighted by atomic mass is 9.70. The molecule has 2 bridgehead atoms. The van der Waals surface area contributed by atoms with Gasteiger partial charge in [-0.3, -0.25) is 23.6 Å². The minimum atomic E-state index is -4.07. The fraction of sp³-hybridized carbons (Fsp3) is 0.514. The highest BCUT2D eigenvalue weighted by Gasteiger charge is 2.54. The quantitative estimate of drug-likeness (QED) is 0.0520. The van der Waals surface area contributed by atoms with Gasteiger partial charge in [0.2, 0.25) is 11.7 Å². The van der Waals surface area contributed by atoms with E-state index in [2.05, 4.69) is 58.8 Å². The van der Waals surface area contributed by atoms with Crippen LogP contribution in [0.1, 0.15) is 45.0 Å². The Morgan fingerprint density at radius 1 is 0.984 bits per heavy atom. The van der Waals surface area contributed by atoms with E-state index in [1.54, 1.807) is 39.8 Å². The predicted octanol–water partition coefficient (Wildman–Crippen LogP) is 6.45. The van der Waals surface area contributed by atoms with Gasteiger partial charge in [-0.15, -0.1) is 0 Å². The number of ether oxygens (including phenoxy) is 2. The topological polar surface area (TPSA) is 240 Å². The van der Waals surface area contributed by atoms with Crippen LogP contribution in [-0.4, -0.2) is 111 Å². The summed E-state index contributed by atoms with van der Waals surface area (Å²) in [7, 11) is -2.66. The zero-order valence-corrected chi connectivity index (χ0v) is 40.3. The lowest BCUT2D eigenvalue weighted by Crippen LogP contribution is -2.50. The molecule has 9 rings (SSSR count). The van der Waals surface area contributed by atoms with Crippen molar-refractivity contribution in [1.82, 2.24) is 43.4 Å². The summed E-state index contributed by atoms with van der Waals surface area (Å²) in [5.41, 5.74) is 2.60. The zero-order valence-electron chi connectivity index (χ0n) is 35.1. The van der Waals surface area contributed by atoms with Crippen LogP contribution in [-0.2, 0) is 57.3 Å². The van der Waals surface area contributed by atoms with Gasteiger partial charge in [-0.25, -0.2) is 24.9 Å². The first kappa shape index (κ1) is 45.7. The number of fused-ring (bicyclic) bond motifs is 7. The van der Waals surface area contributed by atoms with E-state index >= 15 is 0 Å². The van der Waals surface area contributed by atoms with Gasteiger partial charge in [0, 0.05) is 42.9 Å². The Bertz CT molecular complexity index is 2830. The lowest BCUT2D eigenvalue weighted by Gasteiger charge is -2.45. The first-order valence-electron chi connectivity index (χ1n) is 20.3. The van der Waals surface area contributed by atoms with Crippen LogP contribution >= 0.6 is 25.0 Å². The van der Waals surface area contributed by atoms with E-state index < -0.39 is 51.2 Å². The maximum atomic E-state index is 12.0. The minimum absolute atomic E-state index is 0.00878. The molecular weight excluding hydrogens is 950 g/mol. The third kappa shape index (κ3) is 8.91. The van der Waals surface area contributed by atoms with E-state index in [0.29, 0.717) is 40.9 Å². The Hall–Kier alpha value is -3.45. The summed E-state index contributed by atoms with van der Waals surface area (Å²) in [6, 6.07) is 6.02. The Morgan fingerprint density at radius 3 is 2.45 bits per heavy atom. The van der Waals surface area contributed by atoms with Gasteiger partial charge in [-0.05, 0) is 59.6 Å². The maximum absolute atomic E-state index is 12.0. The molecule has 342 valence electrons. The standard InChI is InChI=1S/C37H45ClN10O11P2S2Si/c1-37(2,3)64(4,5)59-29-26-17-56-60(51,62)55-16-24-22(14-25(24)46-19-42-27-31(38)40-18-41-32(27)46)15-54-61(52,63)58-30(29)35(57-26)47-20-43-28-33(44-36-39-11-12-45(36)34(28)47)53-13-10-21-6-8-23(9-7-21)48(49)50/h6-9,11-12,18-20,22,24-26,29-30,35H,10,13-17H2,1-5H3,(H,51,62)(H,52,63)/t22-,24-,25-,26-,29-,30-,35-,60?,61?/m1/s1. The number of non-ortho nitro benzene ring substituents is 1. The van der Waals surface area contributed by atoms with Crippen molar-refractivity contribution in [3.8, 4) is 5.88 Å². The second-order valence-corrected chi connectivity index (χ2v) is 28.1. The Labute approximate surface area is 382 Å². The number of nitro groups is 1. The molecule has 0 spiro atoms. The van der Waals surface area contributed by atoms with Crippen molar-refractivity contribution in [2.75, 3.05) is 26.4 Å². The molecule has 3 aliphatic rings. The van der Waals surface area contributed by atoms with Crippen molar-refractivity contribution in [2.45, 2.75) is 82.3 Å². The van der Waals surface area contributed by atoms with Gasteiger partial charge >= 0.3 is 13.4 Å². The zero-order chi connectivity index (χ0) is 45.3. The van der Waals surface area contributed by atoms with Crippen LogP contribution in [0.4, 0.5) is 5.69 Å². The second kappa shape index (κ2) is 17.3. The average Bonchev–Trinajstić information content (AvgIpc) is 4.02. The summed E-state index contributed by atoms with van der Waals surface area (Å²) < 4.78 is 50.3. The highest BCUT2D eigenvalue weighted by molar-refractivity contribution is 8.07. The Kier molecular flexibility index (Phi) is 12.4. The van der Waals surface area contributed by atoms with Crippen molar-refractivity contribution in [3.05, 3.63) is 76.5 Å². The molecule has 9 atom stereocenters. The van der Waals surface area contributed by atoms with Crippen LogP contribution in [0.5, 0.6) is 5.88 Å². The largest absolute Gasteiger partial charge is 0.476 e. The molecule has 1 saturated carbocycles. The van der Waals surface area contributed by atoms with Crippen LogP contribution < -0.4 is 4.74 Å². The van der Waals surface area contributed by atoms with Crippen LogP contribution in [0.3, 0.4) is 0 Å². The molecule has 2 saturated heterocycles. The number of hydrogen-bond donors (Lipinski definition) is 2. The number of aromatic nitrogens is 9. The van der Waals surface area contributed by atoms with Crippen molar-refractivity contribution >= 4 is 90.8 Å². The molecule has 1 aromatic carbocycles. The van der Waals surface area contributed by atoms with Crippen LogP contribution in [0, 0.1) is 22.0 Å². The summed E-state index contributed by atoms with van der Waals surface area (Å²) in [5.74, 6) is -0.0503. The van der Waals surface area contributed by atoms with Crippen molar-refractivity contribution in [1.29, 1.82) is 0 Å². The third-order valence-electron chi connectivity index (χ3n) is 12.4. The number of hydrogen-bond acceptors (Lipinski definition) is 17. The van der Waals surface area contributed by atoms with E-state index in [4.69, 9.17) is 72.2 Å². The van der Waals surface area contributed by atoms with E-state index in [-0.39, 0.29) is 66.1 Å². The number of rotatable bonds is 9. The highest BCUT2D eigenvalue weighted by Crippen LogP contribution is 2.56. The lowest BCUT2D eigenvalue weighted by molar-refractivity contribution is -0.384. The molecule has 21 nitrogen and oxygen atoms in total. The molecule has 7 heterocycles. The van der Waals surface area contributed by atoms with Crippen LogP contribution in [0.2, 0.25) is 23.3 Å². The van der Waals surface area contributed by atoms with Gasteiger partial charge in [0.1, 0.15) is 30.2 Å². The van der Waals surface area contributed by atoms with E-state index in [9.17, 15) is 19.9 Å². The molecule has 27 heteroatoms. The molecule has 2 aliphatic heterocycles. The van der Waals surface area contributed by atoms with Crippen LogP contribution in [0.25, 0.3) is 28.1 Å². The number of benzene rings is 1. The summed E-state index contributed by atoms with van der Waals surface area (Å²) in [4.78, 5) is 60.9. The van der Waals surface area contributed by atoms with Crippen molar-refractivity contribution in [2.24, 2.45) is 11.8 Å². The monoisotopic (exact) mass is 994 g/mol. The van der Waals surface area contributed by atoms with Gasteiger partial charge in [-0.2, -0.15) is 4.98 Å². The Morgan fingerprint density at radius 2 is 1.70 bits per heavy atom. The number of halogens is 1. The average molecular weight is 995 g/mol. The fourth-order valence-corrected chi connectivity index (χ4v) is 12.1. The SMILES string of the molecule is CC(C)(C)[Si](C)(C)O[C@H]1[C@H]2OP(O)(=S)OC[C@H]3C[C@@H](n4cnc5c(Cl)ncnc54)[C@@H]3COP(O)(=S)OC[C@H]1O[C@H]2n1cnc2c(OCCc3ccc([N+](=O)[O-])cc3)nc3nccn3c21. The Balaban J connectivity index is 1.05. The summed E-state index contributed by atoms with van der Waals surface area (Å²) in [5, 5.41) is 11.1. The predicted molar refractivity (Wildman–Crippen MR) is 241 cm³/mol. The van der Waals surface area contributed by atoms with E-state index in [1.165, 1.54) is 24.8 Å². The van der Waals surface area contributed by atoms with E-state index in [1.807, 2.05) is 4.57 Å². The molecule has 2 N–H and O–H groups in total. The first-order valence-corrected chi connectivity index (χ1v) is 28.8. The van der Waals surface area contributed by atoms with Gasteiger partial charge in [0.25, 0.3) is 5.69 Å². The van der Waals surface area contributed by atoms with Gasteiger partial charge in [0.15, 0.2) is 36.5 Å². The smallest absolute Gasteiger partial charge is 0.325 e. The molecule has 5 aromatic heterocycles. The van der Waals surface area contributed by atoms with E-state index in [0.717, 1.165) is 5.56 Å². The molecule has 3 fully saturated rings. The normalized spacial score (nSPS) is 29.4.